The predicted molar refractivity (Wildman–Crippen MR) is 83.7 cm³/mol. The molecule has 5 heteroatoms. The van der Waals surface area contributed by atoms with Crippen molar-refractivity contribution in [2.24, 2.45) is 17.8 Å². The lowest BCUT2D eigenvalue weighted by atomic mass is 9.94. The van der Waals surface area contributed by atoms with Crippen LogP contribution in [-0.4, -0.2) is 17.0 Å². The third-order valence-electron chi connectivity index (χ3n) is 4.18. The van der Waals surface area contributed by atoms with Crippen molar-refractivity contribution in [2.45, 2.75) is 32.7 Å². The first-order valence-corrected chi connectivity index (χ1v) is 7.97. The van der Waals surface area contributed by atoms with Crippen LogP contribution in [0.2, 0.25) is 0 Å². The van der Waals surface area contributed by atoms with E-state index in [0.717, 1.165) is 10.0 Å². The zero-order chi connectivity index (χ0) is 15.6. The summed E-state index contributed by atoms with van der Waals surface area (Å²) in [5, 5.41) is 12.2. The summed E-state index contributed by atoms with van der Waals surface area (Å²) in [5.74, 6) is -1.74. The van der Waals surface area contributed by atoms with E-state index in [0.29, 0.717) is 12.8 Å². The molecular formula is C16H20BrNO3. The molecule has 1 aliphatic rings. The summed E-state index contributed by atoms with van der Waals surface area (Å²) in [6, 6.07) is 7.55. The van der Waals surface area contributed by atoms with E-state index in [1.165, 1.54) is 0 Å². The molecule has 0 aliphatic heterocycles. The summed E-state index contributed by atoms with van der Waals surface area (Å²) in [7, 11) is 0. The maximum Gasteiger partial charge on any atom is 0.307 e. The molecule has 2 N–H and O–H groups in total. The monoisotopic (exact) mass is 353 g/mol. The van der Waals surface area contributed by atoms with Gasteiger partial charge < -0.3 is 10.4 Å². The number of halogens is 1. The van der Waals surface area contributed by atoms with Gasteiger partial charge in [0.25, 0.3) is 0 Å². The van der Waals surface area contributed by atoms with E-state index < -0.39 is 17.8 Å². The van der Waals surface area contributed by atoms with E-state index in [-0.39, 0.29) is 17.9 Å². The van der Waals surface area contributed by atoms with Crippen LogP contribution in [0.1, 0.15) is 38.3 Å². The third kappa shape index (κ3) is 3.64. The minimum Gasteiger partial charge on any atom is -0.481 e. The van der Waals surface area contributed by atoms with Gasteiger partial charge in [0.2, 0.25) is 5.91 Å². The summed E-state index contributed by atoms with van der Waals surface area (Å²) >= 11 is 3.47. The first kappa shape index (κ1) is 16.0. The number of amides is 1. The van der Waals surface area contributed by atoms with Gasteiger partial charge in [-0.05, 0) is 37.3 Å². The van der Waals surface area contributed by atoms with Gasteiger partial charge in [0.1, 0.15) is 0 Å². The molecule has 21 heavy (non-hydrogen) atoms. The third-order valence-corrected chi connectivity index (χ3v) is 4.90. The molecule has 1 fully saturated rings. The zero-order valence-corrected chi connectivity index (χ0v) is 13.8. The highest BCUT2D eigenvalue weighted by molar-refractivity contribution is 9.10. The van der Waals surface area contributed by atoms with Gasteiger partial charge in [-0.2, -0.15) is 0 Å². The number of rotatable bonds is 4. The highest BCUT2D eigenvalue weighted by Gasteiger charge is 2.41. The molecule has 1 unspecified atom stereocenters. The van der Waals surface area contributed by atoms with Gasteiger partial charge in [-0.15, -0.1) is 0 Å². The van der Waals surface area contributed by atoms with Crippen LogP contribution in [0, 0.1) is 17.8 Å². The number of nitrogens with one attached hydrogen (secondary N) is 1. The number of benzene rings is 1. The fraction of sp³-hybridized carbons (Fsp3) is 0.500. The van der Waals surface area contributed by atoms with Crippen LogP contribution < -0.4 is 5.32 Å². The van der Waals surface area contributed by atoms with Crippen LogP contribution in [0.4, 0.5) is 0 Å². The molecule has 0 heterocycles. The van der Waals surface area contributed by atoms with Crippen LogP contribution in [0.25, 0.3) is 0 Å². The molecule has 1 aromatic carbocycles. The average Bonchev–Trinajstić information content (AvgIpc) is 2.81. The Morgan fingerprint density at radius 1 is 1.29 bits per heavy atom. The van der Waals surface area contributed by atoms with Crippen LogP contribution in [0.3, 0.4) is 0 Å². The van der Waals surface area contributed by atoms with Crippen molar-refractivity contribution in [1.29, 1.82) is 0 Å². The number of carbonyl (C=O) groups excluding carboxylic acids is 1. The Hall–Kier alpha value is -1.36. The van der Waals surface area contributed by atoms with Gasteiger partial charge in [-0.3, -0.25) is 9.59 Å². The molecule has 0 radical (unpaired) electrons. The first-order chi connectivity index (χ1) is 9.90. The summed E-state index contributed by atoms with van der Waals surface area (Å²) < 4.78 is 0.937. The van der Waals surface area contributed by atoms with Crippen molar-refractivity contribution in [3.8, 4) is 0 Å². The maximum absolute atomic E-state index is 12.4. The molecule has 0 spiro atoms. The highest BCUT2D eigenvalue weighted by Crippen LogP contribution is 2.37. The van der Waals surface area contributed by atoms with E-state index in [2.05, 4.69) is 21.2 Å². The van der Waals surface area contributed by atoms with E-state index >= 15 is 0 Å². The SMILES string of the molecule is CC1C[C@H](C(=O)N[C@@H](C)c2ccccc2Br)[C@H](C(=O)O)C1. The van der Waals surface area contributed by atoms with Crippen LogP contribution in [0.15, 0.2) is 28.7 Å². The van der Waals surface area contributed by atoms with Gasteiger partial charge in [-0.25, -0.2) is 0 Å². The molecule has 1 aromatic rings. The van der Waals surface area contributed by atoms with E-state index in [1.807, 2.05) is 38.1 Å². The van der Waals surface area contributed by atoms with Crippen LogP contribution >= 0.6 is 15.9 Å². The van der Waals surface area contributed by atoms with Crippen LogP contribution in [-0.2, 0) is 9.59 Å². The fourth-order valence-electron chi connectivity index (χ4n) is 3.08. The minimum atomic E-state index is -0.868. The van der Waals surface area contributed by atoms with Crippen molar-refractivity contribution in [3.05, 3.63) is 34.3 Å². The molecule has 2 rings (SSSR count). The quantitative estimate of drug-likeness (QED) is 0.871. The maximum atomic E-state index is 12.4. The van der Waals surface area contributed by atoms with Crippen molar-refractivity contribution in [3.63, 3.8) is 0 Å². The molecule has 4 nitrogen and oxygen atoms in total. The normalized spacial score (nSPS) is 26.3. The van der Waals surface area contributed by atoms with Gasteiger partial charge in [0, 0.05) is 4.47 Å². The molecule has 4 atom stereocenters. The summed E-state index contributed by atoms with van der Waals surface area (Å²) in [6.45, 7) is 3.91. The van der Waals surface area contributed by atoms with Gasteiger partial charge in [0.15, 0.2) is 0 Å². The Bertz CT molecular complexity index is 546. The smallest absolute Gasteiger partial charge is 0.307 e. The van der Waals surface area contributed by atoms with E-state index in [4.69, 9.17) is 0 Å². The molecule has 1 aliphatic carbocycles. The summed E-state index contributed by atoms with van der Waals surface area (Å²) in [5.41, 5.74) is 0.990. The second-order valence-corrected chi connectivity index (χ2v) is 6.73. The molecule has 1 saturated carbocycles. The molecular weight excluding hydrogens is 334 g/mol. The van der Waals surface area contributed by atoms with E-state index in [9.17, 15) is 14.7 Å². The lowest BCUT2D eigenvalue weighted by Crippen LogP contribution is -2.36. The molecule has 0 aromatic heterocycles. The standard InChI is InChI=1S/C16H20BrNO3/c1-9-7-12(13(8-9)16(20)21)15(19)18-10(2)11-5-3-4-6-14(11)17/h3-6,9-10,12-13H,7-8H2,1-2H3,(H,18,19)(H,20,21)/t9?,10-,12-,13+/m0/s1. The largest absolute Gasteiger partial charge is 0.481 e. The Morgan fingerprint density at radius 2 is 1.90 bits per heavy atom. The minimum absolute atomic E-state index is 0.154. The van der Waals surface area contributed by atoms with Crippen molar-refractivity contribution >= 4 is 27.8 Å². The van der Waals surface area contributed by atoms with E-state index in [1.54, 1.807) is 0 Å². The van der Waals surface area contributed by atoms with Crippen molar-refractivity contribution < 1.29 is 14.7 Å². The number of hydrogen-bond donors (Lipinski definition) is 2. The highest BCUT2D eigenvalue weighted by atomic mass is 79.9. The fourth-order valence-corrected chi connectivity index (χ4v) is 3.71. The number of hydrogen-bond acceptors (Lipinski definition) is 2. The second kappa shape index (κ2) is 6.60. The number of carboxylic acids is 1. The number of aliphatic carboxylic acids is 1. The van der Waals surface area contributed by atoms with Crippen molar-refractivity contribution in [1.82, 2.24) is 5.32 Å². The van der Waals surface area contributed by atoms with Gasteiger partial charge >= 0.3 is 5.97 Å². The zero-order valence-electron chi connectivity index (χ0n) is 12.2. The van der Waals surface area contributed by atoms with Crippen LogP contribution in [0.5, 0.6) is 0 Å². The van der Waals surface area contributed by atoms with Gasteiger partial charge in [0.05, 0.1) is 17.9 Å². The van der Waals surface area contributed by atoms with Crippen molar-refractivity contribution in [2.75, 3.05) is 0 Å². The topological polar surface area (TPSA) is 66.4 Å². The molecule has 0 saturated heterocycles. The predicted octanol–water partition coefficient (Wildman–Crippen LogP) is 3.37. The summed E-state index contributed by atoms with van der Waals surface area (Å²) in [6.07, 6.45) is 1.22. The average molecular weight is 354 g/mol. The lowest BCUT2D eigenvalue weighted by molar-refractivity contribution is -0.146. The molecule has 114 valence electrons. The Labute approximate surface area is 133 Å². The molecule has 1 amide bonds. The Kier molecular flexibility index (Phi) is 5.04. The lowest BCUT2D eigenvalue weighted by Gasteiger charge is -2.20. The number of carboxylic acid groups (broad SMARTS) is 1. The first-order valence-electron chi connectivity index (χ1n) is 7.17. The Morgan fingerprint density at radius 3 is 2.52 bits per heavy atom. The second-order valence-electron chi connectivity index (χ2n) is 5.88. The molecule has 0 bridgehead atoms. The Balaban J connectivity index is 2.07. The number of carbonyl (C=O) groups is 2. The van der Waals surface area contributed by atoms with Gasteiger partial charge in [-0.1, -0.05) is 41.1 Å². The summed E-state index contributed by atoms with van der Waals surface area (Å²) in [4.78, 5) is 23.7.